The summed E-state index contributed by atoms with van der Waals surface area (Å²) < 4.78 is 26.3. The summed E-state index contributed by atoms with van der Waals surface area (Å²) in [6.07, 6.45) is 3.29. The fraction of sp³-hybridized carbons (Fsp3) is 0.500. The molecule has 0 aliphatic carbocycles. The summed E-state index contributed by atoms with van der Waals surface area (Å²) in [7, 11) is 0. The zero-order chi connectivity index (χ0) is 13.7. The van der Waals surface area contributed by atoms with E-state index < -0.39 is 11.6 Å². The number of halogens is 2. The highest BCUT2D eigenvalue weighted by Gasteiger charge is 2.15. The molecule has 2 rings (SSSR count). The summed E-state index contributed by atoms with van der Waals surface area (Å²) in [4.78, 5) is 11.7. The van der Waals surface area contributed by atoms with E-state index >= 15 is 0 Å². The first-order chi connectivity index (χ1) is 9.16. The Morgan fingerprint density at radius 2 is 2.05 bits per heavy atom. The fourth-order valence-electron chi connectivity index (χ4n) is 2.32. The van der Waals surface area contributed by atoms with Gasteiger partial charge in [-0.3, -0.25) is 4.79 Å². The van der Waals surface area contributed by atoms with Gasteiger partial charge in [0.2, 0.25) is 5.91 Å². The van der Waals surface area contributed by atoms with E-state index in [2.05, 4.69) is 10.6 Å². The van der Waals surface area contributed by atoms with Crippen molar-refractivity contribution in [2.75, 3.05) is 18.4 Å². The van der Waals surface area contributed by atoms with Gasteiger partial charge in [0.05, 0.1) is 5.69 Å². The highest BCUT2D eigenvalue weighted by atomic mass is 19.2. The van der Waals surface area contributed by atoms with Gasteiger partial charge in [0, 0.05) is 6.42 Å². The summed E-state index contributed by atoms with van der Waals surface area (Å²) >= 11 is 0. The second kappa shape index (κ2) is 6.61. The molecular weight excluding hydrogens is 250 g/mol. The molecular formula is C14H18F2N2O. The summed E-state index contributed by atoms with van der Waals surface area (Å²) in [5.41, 5.74) is -0.0877. The lowest BCUT2D eigenvalue weighted by atomic mass is 9.93. The maximum atomic E-state index is 13.4. The highest BCUT2D eigenvalue weighted by molar-refractivity contribution is 5.90. The predicted octanol–water partition coefficient (Wildman–Crippen LogP) is 2.68. The van der Waals surface area contributed by atoms with Gasteiger partial charge in [-0.1, -0.05) is 6.07 Å². The SMILES string of the molecule is O=C(CCC1CCNCC1)Nc1cccc(F)c1F. The number of hydrogen-bond acceptors (Lipinski definition) is 2. The third-order valence-electron chi connectivity index (χ3n) is 3.46. The van der Waals surface area contributed by atoms with Gasteiger partial charge >= 0.3 is 0 Å². The average Bonchev–Trinajstić information content (AvgIpc) is 2.43. The Labute approximate surface area is 111 Å². The van der Waals surface area contributed by atoms with Crippen LogP contribution in [0.15, 0.2) is 18.2 Å². The molecule has 1 fully saturated rings. The van der Waals surface area contributed by atoms with Crippen LogP contribution >= 0.6 is 0 Å². The minimum atomic E-state index is -1.00. The Morgan fingerprint density at radius 3 is 2.79 bits per heavy atom. The number of anilines is 1. The van der Waals surface area contributed by atoms with Crippen LogP contribution in [-0.4, -0.2) is 19.0 Å². The molecule has 0 spiro atoms. The van der Waals surface area contributed by atoms with Gasteiger partial charge in [0.1, 0.15) is 0 Å². The second-order valence-electron chi connectivity index (χ2n) is 4.88. The van der Waals surface area contributed by atoms with E-state index in [1.807, 2.05) is 0 Å². The van der Waals surface area contributed by atoms with Crippen LogP contribution < -0.4 is 10.6 Å². The summed E-state index contributed by atoms with van der Waals surface area (Å²) in [6.45, 7) is 1.98. The van der Waals surface area contributed by atoms with Crippen molar-refractivity contribution in [1.82, 2.24) is 5.32 Å². The summed E-state index contributed by atoms with van der Waals surface area (Å²) in [5.74, 6) is -1.67. The number of carbonyl (C=O) groups excluding carboxylic acids is 1. The van der Waals surface area contributed by atoms with Crippen molar-refractivity contribution in [3.05, 3.63) is 29.8 Å². The van der Waals surface area contributed by atoms with Crippen LogP contribution in [0.5, 0.6) is 0 Å². The van der Waals surface area contributed by atoms with Crippen LogP contribution in [0.4, 0.5) is 14.5 Å². The van der Waals surface area contributed by atoms with E-state index in [0.29, 0.717) is 12.3 Å². The number of carbonyl (C=O) groups is 1. The monoisotopic (exact) mass is 268 g/mol. The molecule has 0 aromatic heterocycles. The molecule has 1 heterocycles. The van der Waals surface area contributed by atoms with Gasteiger partial charge in [-0.05, 0) is 50.4 Å². The molecule has 0 radical (unpaired) electrons. The first kappa shape index (κ1) is 13.9. The van der Waals surface area contributed by atoms with Crippen molar-refractivity contribution in [2.24, 2.45) is 5.92 Å². The van der Waals surface area contributed by atoms with E-state index in [9.17, 15) is 13.6 Å². The molecule has 19 heavy (non-hydrogen) atoms. The van der Waals surface area contributed by atoms with Crippen molar-refractivity contribution in [3.8, 4) is 0 Å². The Kier molecular flexibility index (Phi) is 4.85. The minimum absolute atomic E-state index is 0.0877. The zero-order valence-electron chi connectivity index (χ0n) is 10.7. The molecule has 0 unspecified atom stereocenters. The Morgan fingerprint density at radius 1 is 1.32 bits per heavy atom. The number of nitrogens with one attached hydrogen (secondary N) is 2. The molecule has 1 aromatic rings. The molecule has 3 nitrogen and oxygen atoms in total. The first-order valence-electron chi connectivity index (χ1n) is 6.61. The lowest BCUT2D eigenvalue weighted by Gasteiger charge is -2.22. The number of rotatable bonds is 4. The second-order valence-corrected chi connectivity index (χ2v) is 4.88. The summed E-state index contributed by atoms with van der Waals surface area (Å²) in [6, 6.07) is 3.77. The van der Waals surface area contributed by atoms with Crippen molar-refractivity contribution < 1.29 is 13.6 Å². The lowest BCUT2D eigenvalue weighted by molar-refractivity contribution is -0.116. The fourth-order valence-corrected chi connectivity index (χ4v) is 2.32. The quantitative estimate of drug-likeness (QED) is 0.881. The molecule has 1 aliphatic rings. The molecule has 1 saturated heterocycles. The van der Waals surface area contributed by atoms with Crippen LogP contribution in [-0.2, 0) is 4.79 Å². The van der Waals surface area contributed by atoms with E-state index in [1.165, 1.54) is 12.1 Å². The molecule has 1 aromatic carbocycles. The van der Waals surface area contributed by atoms with E-state index in [4.69, 9.17) is 0 Å². The van der Waals surface area contributed by atoms with Gasteiger partial charge in [0.15, 0.2) is 11.6 Å². The van der Waals surface area contributed by atoms with Crippen LogP contribution in [0.2, 0.25) is 0 Å². The van der Waals surface area contributed by atoms with E-state index in [1.54, 1.807) is 0 Å². The minimum Gasteiger partial charge on any atom is -0.324 e. The maximum absolute atomic E-state index is 13.4. The number of piperidine rings is 1. The molecule has 5 heteroatoms. The molecule has 104 valence electrons. The average molecular weight is 268 g/mol. The Hall–Kier alpha value is -1.49. The largest absolute Gasteiger partial charge is 0.324 e. The Bertz CT molecular complexity index is 445. The first-order valence-corrected chi connectivity index (χ1v) is 6.61. The molecule has 0 saturated carbocycles. The topological polar surface area (TPSA) is 41.1 Å². The van der Waals surface area contributed by atoms with E-state index in [0.717, 1.165) is 38.4 Å². The summed E-state index contributed by atoms with van der Waals surface area (Å²) in [5, 5.41) is 5.69. The van der Waals surface area contributed by atoms with Gasteiger partial charge in [-0.25, -0.2) is 8.78 Å². The zero-order valence-corrected chi connectivity index (χ0v) is 10.7. The van der Waals surface area contributed by atoms with Crippen molar-refractivity contribution in [3.63, 3.8) is 0 Å². The number of benzene rings is 1. The molecule has 2 N–H and O–H groups in total. The van der Waals surface area contributed by atoms with Crippen molar-refractivity contribution >= 4 is 11.6 Å². The van der Waals surface area contributed by atoms with Gasteiger partial charge < -0.3 is 10.6 Å². The van der Waals surface area contributed by atoms with Crippen molar-refractivity contribution in [2.45, 2.75) is 25.7 Å². The highest BCUT2D eigenvalue weighted by Crippen LogP contribution is 2.20. The Balaban J connectivity index is 1.82. The molecule has 1 aliphatic heterocycles. The van der Waals surface area contributed by atoms with Crippen LogP contribution in [0, 0.1) is 17.6 Å². The number of hydrogen-bond donors (Lipinski definition) is 2. The van der Waals surface area contributed by atoms with Gasteiger partial charge in [-0.2, -0.15) is 0 Å². The standard InChI is InChI=1S/C14H18F2N2O/c15-11-2-1-3-12(14(11)16)18-13(19)5-4-10-6-8-17-9-7-10/h1-3,10,17H,4-9H2,(H,18,19). The van der Waals surface area contributed by atoms with Gasteiger partial charge in [0.25, 0.3) is 0 Å². The lowest BCUT2D eigenvalue weighted by Crippen LogP contribution is -2.28. The maximum Gasteiger partial charge on any atom is 0.224 e. The molecule has 0 bridgehead atoms. The smallest absolute Gasteiger partial charge is 0.224 e. The van der Waals surface area contributed by atoms with E-state index in [-0.39, 0.29) is 11.6 Å². The van der Waals surface area contributed by atoms with Crippen LogP contribution in [0.3, 0.4) is 0 Å². The third kappa shape index (κ3) is 3.99. The number of amides is 1. The van der Waals surface area contributed by atoms with Gasteiger partial charge in [-0.15, -0.1) is 0 Å². The van der Waals surface area contributed by atoms with Crippen LogP contribution in [0.1, 0.15) is 25.7 Å². The normalized spacial score (nSPS) is 16.3. The predicted molar refractivity (Wildman–Crippen MR) is 69.8 cm³/mol. The molecule has 0 atom stereocenters. The van der Waals surface area contributed by atoms with Crippen molar-refractivity contribution in [1.29, 1.82) is 0 Å². The third-order valence-corrected chi connectivity index (χ3v) is 3.46. The van der Waals surface area contributed by atoms with Crippen LogP contribution in [0.25, 0.3) is 0 Å². The molecule has 1 amide bonds.